The lowest BCUT2D eigenvalue weighted by Crippen LogP contribution is -2.35. The minimum absolute atomic E-state index is 0.125. The van der Waals surface area contributed by atoms with Crippen LogP contribution in [0.4, 0.5) is 0 Å². The van der Waals surface area contributed by atoms with Crippen LogP contribution in [0, 0.1) is 0 Å². The number of aliphatic hydroxyl groups is 1. The summed E-state index contributed by atoms with van der Waals surface area (Å²) in [4.78, 5) is 3.99. The average molecular weight is 194 g/mol. The van der Waals surface area contributed by atoms with E-state index >= 15 is 0 Å². The van der Waals surface area contributed by atoms with Crippen LogP contribution in [0.3, 0.4) is 0 Å². The minimum atomic E-state index is -0.459. The van der Waals surface area contributed by atoms with Crippen molar-refractivity contribution in [2.45, 2.75) is 38.3 Å². The van der Waals surface area contributed by atoms with Gasteiger partial charge in [0, 0.05) is 24.9 Å². The van der Waals surface area contributed by atoms with Gasteiger partial charge in [-0.05, 0) is 18.1 Å². The van der Waals surface area contributed by atoms with Gasteiger partial charge >= 0.3 is 0 Å². The van der Waals surface area contributed by atoms with Crippen LogP contribution in [0.25, 0.3) is 0 Å². The molecule has 0 aromatic carbocycles. The van der Waals surface area contributed by atoms with Crippen molar-refractivity contribution < 1.29 is 5.11 Å². The Labute approximate surface area is 85.0 Å². The summed E-state index contributed by atoms with van der Waals surface area (Å²) >= 11 is 0. The summed E-state index contributed by atoms with van der Waals surface area (Å²) in [5.41, 5.74) is 6.84. The molecule has 0 radical (unpaired) electrons. The zero-order valence-electron chi connectivity index (χ0n) is 8.56. The van der Waals surface area contributed by atoms with Gasteiger partial charge in [-0.15, -0.1) is 0 Å². The first-order chi connectivity index (χ1) is 6.74. The van der Waals surface area contributed by atoms with Crippen LogP contribution in [0.5, 0.6) is 0 Å². The first kappa shape index (κ1) is 11.1. The SMILES string of the molecule is CCCC(N)C(O)Cc1cccnc1. The van der Waals surface area contributed by atoms with E-state index in [1.165, 1.54) is 0 Å². The fourth-order valence-corrected chi connectivity index (χ4v) is 1.44. The number of pyridine rings is 1. The van der Waals surface area contributed by atoms with Crippen LogP contribution in [0.1, 0.15) is 25.3 Å². The Morgan fingerprint density at radius 3 is 2.93 bits per heavy atom. The molecule has 0 aliphatic carbocycles. The standard InChI is InChI=1S/C11H18N2O/c1-2-4-10(12)11(14)7-9-5-3-6-13-8-9/h3,5-6,8,10-11,14H,2,4,7,12H2,1H3. The number of nitrogens with two attached hydrogens (primary N) is 1. The van der Waals surface area contributed by atoms with Crippen molar-refractivity contribution >= 4 is 0 Å². The van der Waals surface area contributed by atoms with Gasteiger partial charge in [0.15, 0.2) is 0 Å². The van der Waals surface area contributed by atoms with Gasteiger partial charge in [-0.2, -0.15) is 0 Å². The maximum absolute atomic E-state index is 9.75. The van der Waals surface area contributed by atoms with E-state index in [0.29, 0.717) is 6.42 Å². The number of hydrogen-bond acceptors (Lipinski definition) is 3. The van der Waals surface area contributed by atoms with Gasteiger partial charge in [-0.1, -0.05) is 19.4 Å². The fraction of sp³-hybridized carbons (Fsp3) is 0.545. The van der Waals surface area contributed by atoms with E-state index in [1.807, 2.05) is 12.1 Å². The molecule has 0 saturated carbocycles. The van der Waals surface area contributed by atoms with Crippen molar-refractivity contribution in [3.8, 4) is 0 Å². The third kappa shape index (κ3) is 3.44. The molecule has 1 aromatic rings. The first-order valence-corrected chi connectivity index (χ1v) is 5.06. The highest BCUT2D eigenvalue weighted by Gasteiger charge is 2.13. The first-order valence-electron chi connectivity index (χ1n) is 5.06. The van der Waals surface area contributed by atoms with E-state index < -0.39 is 6.10 Å². The highest BCUT2D eigenvalue weighted by atomic mass is 16.3. The number of aromatic nitrogens is 1. The zero-order valence-corrected chi connectivity index (χ0v) is 8.56. The molecule has 1 aromatic heterocycles. The molecule has 0 aliphatic heterocycles. The summed E-state index contributed by atoms with van der Waals surface area (Å²) in [5.74, 6) is 0. The van der Waals surface area contributed by atoms with Crippen molar-refractivity contribution in [2.75, 3.05) is 0 Å². The molecule has 0 spiro atoms. The lowest BCUT2D eigenvalue weighted by molar-refractivity contribution is 0.140. The van der Waals surface area contributed by atoms with E-state index in [0.717, 1.165) is 18.4 Å². The molecule has 3 nitrogen and oxygen atoms in total. The summed E-state index contributed by atoms with van der Waals surface area (Å²) in [5, 5.41) is 9.75. The summed E-state index contributed by atoms with van der Waals surface area (Å²) in [6, 6.07) is 3.70. The largest absolute Gasteiger partial charge is 0.391 e. The molecular formula is C11H18N2O. The molecule has 0 fully saturated rings. The maximum atomic E-state index is 9.75. The van der Waals surface area contributed by atoms with E-state index in [9.17, 15) is 5.11 Å². The molecule has 3 N–H and O–H groups in total. The van der Waals surface area contributed by atoms with Crippen LogP contribution in [0.15, 0.2) is 24.5 Å². The molecule has 3 heteroatoms. The number of hydrogen-bond donors (Lipinski definition) is 2. The number of rotatable bonds is 5. The van der Waals surface area contributed by atoms with Gasteiger partial charge in [0.2, 0.25) is 0 Å². The Hall–Kier alpha value is -0.930. The molecule has 0 aliphatic rings. The van der Waals surface area contributed by atoms with E-state index in [1.54, 1.807) is 12.4 Å². The Balaban J connectivity index is 2.44. The van der Waals surface area contributed by atoms with Crippen LogP contribution >= 0.6 is 0 Å². The third-order valence-corrected chi connectivity index (χ3v) is 2.28. The molecule has 0 amide bonds. The van der Waals surface area contributed by atoms with Crippen molar-refractivity contribution in [2.24, 2.45) is 5.73 Å². The topological polar surface area (TPSA) is 59.1 Å². The second-order valence-electron chi connectivity index (χ2n) is 3.59. The highest BCUT2D eigenvalue weighted by molar-refractivity contribution is 5.10. The monoisotopic (exact) mass is 194 g/mol. The second kappa shape index (κ2) is 5.73. The van der Waals surface area contributed by atoms with Crippen LogP contribution in [-0.4, -0.2) is 22.2 Å². The highest BCUT2D eigenvalue weighted by Crippen LogP contribution is 2.06. The van der Waals surface area contributed by atoms with Crippen molar-refractivity contribution in [1.29, 1.82) is 0 Å². The van der Waals surface area contributed by atoms with Crippen molar-refractivity contribution in [1.82, 2.24) is 4.98 Å². The molecule has 0 saturated heterocycles. The molecule has 0 bridgehead atoms. The van der Waals surface area contributed by atoms with Crippen LogP contribution < -0.4 is 5.73 Å². The Morgan fingerprint density at radius 2 is 2.36 bits per heavy atom. The molecule has 2 unspecified atom stereocenters. The van der Waals surface area contributed by atoms with Gasteiger partial charge in [0.05, 0.1) is 6.10 Å². The average Bonchev–Trinajstić information content (AvgIpc) is 2.19. The maximum Gasteiger partial charge on any atom is 0.0731 e. The quantitative estimate of drug-likeness (QED) is 0.738. The summed E-state index contributed by atoms with van der Waals surface area (Å²) in [6.45, 7) is 2.07. The zero-order chi connectivity index (χ0) is 10.4. The lowest BCUT2D eigenvalue weighted by Gasteiger charge is -2.17. The molecule has 2 atom stereocenters. The summed E-state index contributed by atoms with van der Waals surface area (Å²) < 4.78 is 0. The normalized spacial score (nSPS) is 15.1. The molecule has 1 heterocycles. The summed E-state index contributed by atoms with van der Waals surface area (Å²) in [7, 11) is 0. The van der Waals surface area contributed by atoms with E-state index in [4.69, 9.17) is 5.73 Å². The van der Waals surface area contributed by atoms with Gasteiger partial charge in [0.1, 0.15) is 0 Å². The predicted octanol–water partition coefficient (Wildman–Crippen LogP) is 1.11. The molecule has 1 rings (SSSR count). The molecular weight excluding hydrogens is 176 g/mol. The Kier molecular flexibility index (Phi) is 4.56. The summed E-state index contributed by atoms with van der Waals surface area (Å²) in [6.07, 6.45) is 5.49. The molecule has 14 heavy (non-hydrogen) atoms. The van der Waals surface area contributed by atoms with Gasteiger partial charge < -0.3 is 10.8 Å². The number of nitrogens with zero attached hydrogens (tertiary/aromatic N) is 1. The minimum Gasteiger partial charge on any atom is -0.391 e. The Morgan fingerprint density at radius 1 is 1.57 bits per heavy atom. The van der Waals surface area contributed by atoms with Gasteiger partial charge in [-0.3, -0.25) is 4.98 Å². The van der Waals surface area contributed by atoms with Gasteiger partial charge in [0.25, 0.3) is 0 Å². The fourth-order valence-electron chi connectivity index (χ4n) is 1.44. The smallest absolute Gasteiger partial charge is 0.0731 e. The van der Waals surface area contributed by atoms with Crippen molar-refractivity contribution in [3.63, 3.8) is 0 Å². The third-order valence-electron chi connectivity index (χ3n) is 2.28. The van der Waals surface area contributed by atoms with Gasteiger partial charge in [-0.25, -0.2) is 0 Å². The molecule has 78 valence electrons. The lowest BCUT2D eigenvalue weighted by atomic mass is 10.0. The predicted molar refractivity (Wildman–Crippen MR) is 56.8 cm³/mol. The number of aliphatic hydroxyl groups excluding tert-OH is 1. The van der Waals surface area contributed by atoms with Crippen LogP contribution in [-0.2, 0) is 6.42 Å². The van der Waals surface area contributed by atoms with E-state index in [2.05, 4.69) is 11.9 Å². The van der Waals surface area contributed by atoms with E-state index in [-0.39, 0.29) is 6.04 Å². The van der Waals surface area contributed by atoms with Crippen molar-refractivity contribution in [3.05, 3.63) is 30.1 Å². The Bertz CT molecular complexity index is 251. The van der Waals surface area contributed by atoms with Crippen LogP contribution in [0.2, 0.25) is 0 Å². The second-order valence-corrected chi connectivity index (χ2v) is 3.59.